The van der Waals surface area contributed by atoms with Crippen LogP contribution in [0.5, 0.6) is 0 Å². The molecular formula is C17H17N3OS2. The average molecular weight is 343 g/mol. The van der Waals surface area contributed by atoms with Crippen molar-refractivity contribution in [2.75, 3.05) is 5.75 Å². The Morgan fingerprint density at radius 2 is 2.04 bits per heavy atom. The molecule has 0 unspecified atom stereocenters. The molecule has 0 aliphatic heterocycles. The maximum atomic E-state index is 12.5. The van der Waals surface area contributed by atoms with Crippen LogP contribution in [0.25, 0.3) is 10.2 Å². The highest BCUT2D eigenvalue weighted by molar-refractivity contribution is 8.01. The summed E-state index contributed by atoms with van der Waals surface area (Å²) in [5.74, 6) is 0.351. The molecule has 3 rings (SSSR count). The summed E-state index contributed by atoms with van der Waals surface area (Å²) in [6.07, 6.45) is 1.77. The number of thiazole rings is 1. The lowest BCUT2D eigenvalue weighted by Gasteiger charge is -2.06. The van der Waals surface area contributed by atoms with E-state index in [-0.39, 0.29) is 11.9 Å². The fourth-order valence-corrected chi connectivity index (χ4v) is 4.05. The predicted octanol–water partition coefficient (Wildman–Crippen LogP) is 3.84. The van der Waals surface area contributed by atoms with E-state index in [9.17, 15) is 4.79 Å². The van der Waals surface area contributed by atoms with Crippen molar-refractivity contribution in [2.24, 2.45) is 4.99 Å². The van der Waals surface area contributed by atoms with Crippen molar-refractivity contribution >= 4 is 39.2 Å². The molecule has 2 aromatic heterocycles. The molecule has 0 saturated heterocycles. The monoisotopic (exact) mass is 343 g/mol. The van der Waals surface area contributed by atoms with Crippen molar-refractivity contribution in [1.82, 2.24) is 9.55 Å². The Hall–Kier alpha value is -1.92. The summed E-state index contributed by atoms with van der Waals surface area (Å²) in [5.41, 5.74) is 1.67. The molecule has 1 aromatic carbocycles. The zero-order chi connectivity index (χ0) is 16.2. The minimum Gasteiger partial charge on any atom is -0.273 e. The summed E-state index contributed by atoms with van der Waals surface area (Å²) in [6, 6.07) is 13.8. The third kappa shape index (κ3) is 3.89. The third-order valence-electron chi connectivity index (χ3n) is 3.09. The van der Waals surface area contributed by atoms with Gasteiger partial charge in [0.05, 0.1) is 16.0 Å². The number of para-hydroxylation sites is 1. The Balaban J connectivity index is 1.77. The van der Waals surface area contributed by atoms with Crippen molar-refractivity contribution in [3.8, 4) is 0 Å². The number of carbonyl (C=O) groups excluding carboxylic acids is 1. The first-order valence-corrected chi connectivity index (χ1v) is 9.17. The second-order valence-corrected chi connectivity index (χ2v) is 7.53. The normalized spacial score (nSPS) is 12.2. The van der Waals surface area contributed by atoms with E-state index >= 15 is 0 Å². The first-order valence-electron chi connectivity index (χ1n) is 7.36. The van der Waals surface area contributed by atoms with E-state index in [1.165, 1.54) is 11.8 Å². The predicted molar refractivity (Wildman–Crippen MR) is 96.1 cm³/mol. The van der Waals surface area contributed by atoms with Gasteiger partial charge in [0, 0.05) is 12.2 Å². The molecule has 0 aliphatic carbocycles. The Morgan fingerprint density at radius 3 is 2.83 bits per heavy atom. The zero-order valence-electron chi connectivity index (χ0n) is 13.0. The lowest BCUT2D eigenvalue weighted by molar-refractivity contribution is 0.0936. The summed E-state index contributed by atoms with van der Waals surface area (Å²) >= 11 is 3.09. The average Bonchev–Trinajstić information content (AvgIpc) is 2.95. The smallest absolute Gasteiger partial charge is 0.242 e. The van der Waals surface area contributed by atoms with Crippen LogP contribution in [0.2, 0.25) is 0 Å². The van der Waals surface area contributed by atoms with Gasteiger partial charge in [-0.3, -0.25) is 14.4 Å². The highest BCUT2D eigenvalue weighted by Crippen LogP contribution is 2.29. The molecule has 118 valence electrons. The van der Waals surface area contributed by atoms with Crippen LogP contribution in [0.1, 0.15) is 18.6 Å². The van der Waals surface area contributed by atoms with Crippen LogP contribution in [0.3, 0.4) is 0 Å². The van der Waals surface area contributed by atoms with E-state index in [1.54, 1.807) is 22.1 Å². The second kappa shape index (κ2) is 7.10. The second-order valence-electron chi connectivity index (χ2n) is 5.28. The summed E-state index contributed by atoms with van der Waals surface area (Å²) in [4.78, 5) is 21.5. The summed E-state index contributed by atoms with van der Waals surface area (Å²) in [5, 5.41) is 0. The number of rotatable bonds is 4. The number of hydrogen-bond acceptors (Lipinski definition) is 5. The van der Waals surface area contributed by atoms with E-state index < -0.39 is 0 Å². The maximum Gasteiger partial charge on any atom is 0.242 e. The van der Waals surface area contributed by atoms with Gasteiger partial charge in [-0.15, -0.1) is 11.3 Å². The van der Waals surface area contributed by atoms with Gasteiger partial charge in [0.15, 0.2) is 4.34 Å². The van der Waals surface area contributed by atoms with Gasteiger partial charge >= 0.3 is 0 Å². The molecule has 0 fully saturated rings. The SMILES string of the molecule is CC(C)N=c1ccccn1C(=O)CSc1nc2ccccc2s1. The molecular weight excluding hydrogens is 326 g/mol. The van der Waals surface area contributed by atoms with Crippen LogP contribution in [0.4, 0.5) is 0 Å². The largest absolute Gasteiger partial charge is 0.273 e. The quantitative estimate of drug-likeness (QED) is 0.676. The molecule has 4 nitrogen and oxygen atoms in total. The molecule has 3 aromatic rings. The van der Waals surface area contributed by atoms with Crippen molar-refractivity contribution in [3.05, 3.63) is 54.1 Å². The van der Waals surface area contributed by atoms with Crippen molar-refractivity contribution in [2.45, 2.75) is 24.2 Å². The Bertz CT molecular complexity index is 863. The van der Waals surface area contributed by atoms with Gasteiger partial charge < -0.3 is 0 Å². The minimum absolute atomic E-state index is 0.00857. The van der Waals surface area contributed by atoms with Gasteiger partial charge in [0.1, 0.15) is 5.49 Å². The van der Waals surface area contributed by atoms with E-state index in [0.717, 1.165) is 14.6 Å². The molecule has 2 heterocycles. The van der Waals surface area contributed by atoms with Gasteiger partial charge in [0.2, 0.25) is 5.91 Å². The van der Waals surface area contributed by atoms with Gasteiger partial charge in [-0.2, -0.15) is 0 Å². The molecule has 6 heteroatoms. The fourth-order valence-electron chi connectivity index (χ4n) is 2.12. The molecule has 0 spiro atoms. The number of nitrogens with zero attached hydrogens (tertiary/aromatic N) is 3. The molecule has 0 saturated carbocycles. The molecule has 0 N–H and O–H groups in total. The van der Waals surface area contributed by atoms with Crippen LogP contribution < -0.4 is 5.49 Å². The first-order chi connectivity index (χ1) is 11.1. The number of carbonyl (C=O) groups is 1. The van der Waals surface area contributed by atoms with E-state index in [0.29, 0.717) is 11.2 Å². The van der Waals surface area contributed by atoms with E-state index in [1.807, 2.05) is 56.3 Å². The topological polar surface area (TPSA) is 47.2 Å². The maximum absolute atomic E-state index is 12.5. The Morgan fingerprint density at radius 1 is 1.26 bits per heavy atom. The van der Waals surface area contributed by atoms with Gasteiger partial charge in [-0.25, -0.2) is 4.98 Å². The van der Waals surface area contributed by atoms with Crippen LogP contribution in [-0.2, 0) is 0 Å². The summed E-state index contributed by atoms with van der Waals surface area (Å²) in [6.45, 7) is 4.00. The molecule has 0 atom stereocenters. The van der Waals surface area contributed by atoms with Gasteiger partial charge in [0.25, 0.3) is 0 Å². The highest BCUT2D eigenvalue weighted by atomic mass is 32.2. The van der Waals surface area contributed by atoms with Crippen LogP contribution >= 0.6 is 23.1 Å². The fraction of sp³-hybridized carbons (Fsp3) is 0.235. The van der Waals surface area contributed by atoms with Crippen molar-refractivity contribution < 1.29 is 4.79 Å². The molecule has 0 radical (unpaired) electrons. The summed E-state index contributed by atoms with van der Waals surface area (Å²) < 4.78 is 3.67. The lowest BCUT2D eigenvalue weighted by Crippen LogP contribution is -2.28. The number of benzene rings is 1. The van der Waals surface area contributed by atoms with E-state index in [4.69, 9.17) is 0 Å². The number of thioether (sulfide) groups is 1. The zero-order valence-corrected chi connectivity index (χ0v) is 14.6. The molecule has 0 bridgehead atoms. The third-order valence-corrected chi connectivity index (χ3v) is 5.26. The number of fused-ring (bicyclic) bond motifs is 1. The number of aromatic nitrogens is 2. The van der Waals surface area contributed by atoms with Gasteiger partial charge in [-0.1, -0.05) is 30.0 Å². The Labute approximate surface area is 142 Å². The highest BCUT2D eigenvalue weighted by Gasteiger charge is 2.09. The minimum atomic E-state index is 0.00857. The van der Waals surface area contributed by atoms with Gasteiger partial charge in [-0.05, 0) is 38.1 Å². The number of hydrogen-bond donors (Lipinski definition) is 0. The standard InChI is InChI=1S/C17H17N3OS2/c1-12(2)18-15-9-5-6-10-20(15)16(21)11-22-17-19-13-7-3-4-8-14(13)23-17/h3-10,12H,11H2,1-2H3. The Kier molecular flexibility index (Phi) is 4.93. The van der Waals surface area contributed by atoms with Crippen LogP contribution in [0, 0.1) is 0 Å². The van der Waals surface area contributed by atoms with Crippen molar-refractivity contribution in [3.63, 3.8) is 0 Å². The van der Waals surface area contributed by atoms with Crippen molar-refractivity contribution in [1.29, 1.82) is 0 Å². The first kappa shape index (κ1) is 16.0. The molecule has 0 aliphatic rings. The molecule has 23 heavy (non-hydrogen) atoms. The lowest BCUT2D eigenvalue weighted by atomic mass is 10.3. The summed E-state index contributed by atoms with van der Waals surface area (Å²) in [7, 11) is 0. The van der Waals surface area contributed by atoms with Crippen LogP contribution in [-0.4, -0.2) is 27.3 Å². The molecule has 0 amide bonds. The van der Waals surface area contributed by atoms with E-state index in [2.05, 4.69) is 9.98 Å². The number of pyridine rings is 1. The van der Waals surface area contributed by atoms with Crippen LogP contribution in [0.15, 0.2) is 58.0 Å².